The van der Waals surface area contributed by atoms with E-state index in [1.165, 1.54) is 13.3 Å². The third-order valence-corrected chi connectivity index (χ3v) is 3.03. The van der Waals surface area contributed by atoms with E-state index in [2.05, 4.69) is 16.6 Å². The predicted molar refractivity (Wildman–Crippen MR) is 79.8 cm³/mol. The molecule has 0 spiro atoms. The van der Waals surface area contributed by atoms with Crippen LogP contribution in [-0.4, -0.2) is 61.0 Å². The molecule has 6 heteroatoms. The summed E-state index contributed by atoms with van der Waals surface area (Å²) >= 11 is 0. The fraction of sp³-hybridized carbons (Fsp3) is 0.533. The molecule has 1 aromatic heterocycles. The highest BCUT2D eigenvalue weighted by Crippen LogP contribution is 2.06. The number of hydrogen-bond donors (Lipinski definition) is 0. The van der Waals surface area contributed by atoms with Crippen molar-refractivity contribution in [1.29, 1.82) is 0 Å². The molecule has 0 aliphatic carbocycles. The van der Waals surface area contributed by atoms with E-state index >= 15 is 0 Å². The SMILES string of the molecule is CCCN(CC(=O)N(C)C)Cc1ccc(C(=O)OC)cn1. The van der Waals surface area contributed by atoms with Gasteiger partial charge in [0.15, 0.2) is 0 Å². The lowest BCUT2D eigenvalue weighted by molar-refractivity contribution is -0.130. The second kappa shape index (κ2) is 8.36. The van der Waals surface area contributed by atoms with Gasteiger partial charge in [0.05, 0.1) is 24.9 Å². The van der Waals surface area contributed by atoms with E-state index in [-0.39, 0.29) is 5.91 Å². The highest BCUT2D eigenvalue weighted by atomic mass is 16.5. The summed E-state index contributed by atoms with van der Waals surface area (Å²) in [5.41, 5.74) is 1.25. The van der Waals surface area contributed by atoms with Crippen molar-refractivity contribution in [3.05, 3.63) is 29.6 Å². The molecule has 0 aliphatic heterocycles. The van der Waals surface area contributed by atoms with Gasteiger partial charge in [-0.15, -0.1) is 0 Å². The van der Waals surface area contributed by atoms with Gasteiger partial charge < -0.3 is 9.64 Å². The van der Waals surface area contributed by atoms with Crippen LogP contribution in [0.3, 0.4) is 0 Å². The van der Waals surface area contributed by atoms with Crippen molar-refractivity contribution in [3.8, 4) is 0 Å². The zero-order valence-electron chi connectivity index (χ0n) is 13.1. The molecule has 0 N–H and O–H groups in total. The number of ether oxygens (including phenoxy) is 1. The van der Waals surface area contributed by atoms with Gasteiger partial charge in [-0.3, -0.25) is 14.7 Å². The third-order valence-electron chi connectivity index (χ3n) is 3.03. The van der Waals surface area contributed by atoms with Gasteiger partial charge >= 0.3 is 5.97 Å². The molecule has 1 rings (SSSR count). The van der Waals surface area contributed by atoms with Crippen molar-refractivity contribution in [3.63, 3.8) is 0 Å². The predicted octanol–water partition coefficient (Wildman–Crippen LogP) is 1.17. The number of pyridine rings is 1. The Bertz CT molecular complexity index is 472. The fourth-order valence-corrected chi connectivity index (χ4v) is 1.85. The second-order valence-electron chi connectivity index (χ2n) is 5.03. The minimum absolute atomic E-state index is 0.0645. The molecule has 0 unspecified atom stereocenters. The maximum Gasteiger partial charge on any atom is 0.339 e. The van der Waals surface area contributed by atoms with Crippen molar-refractivity contribution in [2.75, 3.05) is 34.3 Å². The van der Waals surface area contributed by atoms with Gasteiger partial charge in [-0.05, 0) is 25.1 Å². The molecule has 6 nitrogen and oxygen atoms in total. The molecule has 0 aliphatic rings. The summed E-state index contributed by atoms with van der Waals surface area (Å²) in [5, 5.41) is 0. The average molecular weight is 293 g/mol. The van der Waals surface area contributed by atoms with Crippen LogP contribution in [0, 0.1) is 0 Å². The van der Waals surface area contributed by atoms with Crippen molar-refractivity contribution in [2.24, 2.45) is 0 Å². The monoisotopic (exact) mass is 293 g/mol. The van der Waals surface area contributed by atoms with Gasteiger partial charge in [0, 0.05) is 26.8 Å². The molecule has 1 amide bonds. The van der Waals surface area contributed by atoms with E-state index in [1.54, 1.807) is 31.1 Å². The van der Waals surface area contributed by atoms with E-state index in [0.29, 0.717) is 18.7 Å². The van der Waals surface area contributed by atoms with Gasteiger partial charge in [-0.2, -0.15) is 0 Å². The van der Waals surface area contributed by atoms with Gasteiger partial charge in [0.2, 0.25) is 5.91 Å². The Morgan fingerprint density at radius 1 is 1.29 bits per heavy atom. The highest BCUT2D eigenvalue weighted by Gasteiger charge is 2.13. The molecule has 0 fully saturated rings. The first kappa shape index (κ1) is 17.1. The quantitative estimate of drug-likeness (QED) is 0.706. The van der Waals surface area contributed by atoms with Crippen LogP contribution in [0.2, 0.25) is 0 Å². The van der Waals surface area contributed by atoms with E-state index in [4.69, 9.17) is 0 Å². The number of aromatic nitrogens is 1. The molecule has 0 atom stereocenters. The summed E-state index contributed by atoms with van der Waals surface area (Å²) in [6.45, 7) is 3.83. The van der Waals surface area contributed by atoms with Crippen LogP contribution < -0.4 is 0 Å². The topological polar surface area (TPSA) is 62.7 Å². The highest BCUT2D eigenvalue weighted by molar-refractivity contribution is 5.88. The van der Waals surface area contributed by atoms with Crippen LogP contribution in [0.4, 0.5) is 0 Å². The molecule has 116 valence electrons. The third kappa shape index (κ3) is 5.51. The zero-order valence-corrected chi connectivity index (χ0v) is 13.1. The molecule has 0 saturated carbocycles. The normalized spacial score (nSPS) is 10.5. The maximum atomic E-state index is 11.8. The Morgan fingerprint density at radius 3 is 2.48 bits per heavy atom. The molecule has 21 heavy (non-hydrogen) atoms. The molecule has 0 bridgehead atoms. The largest absolute Gasteiger partial charge is 0.465 e. The van der Waals surface area contributed by atoms with Crippen LogP contribution in [0.15, 0.2) is 18.3 Å². The summed E-state index contributed by atoms with van der Waals surface area (Å²) in [4.78, 5) is 31.0. The lowest BCUT2D eigenvalue weighted by Gasteiger charge is -2.22. The van der Waals surface area contributed by atoms with Crippen LogP contribution in [0.5, 0.6) is 0 Å². The number of methoxy groups -OCH3 is 1. The minimum Gasteiger partial charge on any atom is -0.465 e. The first-order chi connectivity index (χ1) is 9.97. The Kier molecular flexibility index (Phi) is 6.81. The van der Waals surface area contributed by atoms with E-state index in [0.717, 1.165) is 18.7 Å². The van der Waals surface area contributed by atoms with Crippen molar-refractivity contribution in [1.82, 2.24) is 14.8 Å². The Labute approximate surface area is 125 Å². The molecule has 1 aromatic rings. The van der Waals surface area contributed by atoms with Crippen molar-refractivity contribution >= 4 is 11.9 Å². The number of carbonyl (C=O) groups excluding carboxylic acids is 2. The maximum absolute atomic E-state index is 11.8. The molecule has 0 saturated heterocycles. The van der Waals surface area contributed by atoms with Crippen molar-refractivity contribution < 1.29 is 14.3 Å². The van der Waals surface area contributed by atoms with Crippen LogP contribution in [-0.2, 0) is 16.1 Å². The molecular formula is C15H23N3O3. The lowest BCUT2D eigenvalue weighted by Crippen LogP contribution is -2.36. The summed E-state index contributed by atoms with van der Waals surface area (Å²) in [7, 11) is 4.83. The van der Waals surface area contributed by atoms with Gasteiger partial charge in [0.25, 0.3) is 0 Å². The van der Waals surface area contributed by atoms with Gasteiger partial charge in [-0.1, -0.05) is 6.92 Å². The smallest absolute Gasteiger partial charge is 0.339 e. The molecular weight excluding hydrogens is 270 g/mol. The summed E-state index contributed by atoms with van der Waals surface area (Å²) in [6, 6.07) is 3.47. The van der Waals surface area contributed by atoms with E-state index < -0.39 is 5.97 Å². The summed E-state index contributed by atoms with van der Waals surface area (Å²) in [6.07, 6.45) is 2.46. The average Bonchev–Trinajstić information content (AvgIpc) is 2.47. The number of hydrogen-bond acceptors (Lipinski definition) is 5. The molecule has 0 aromatic carbocycles. The Morgan fingerprint density at radius 2 is 2.00 bits per heavy atom. The van der Waals surface area contributed by atoms with E-state index in [1.807, 2.05) is 4.90 Å². The Balaban J connectivity index is 2.70. The fourth-order valence-electron chi connectivity index (χ4n) is 1.85. The summed E-state index contributed by atoms with van der Waals surface area (Å²) < 4.78 is 4.64. The van der Waals surface area contributed by atoms with Crippen molar-refractivity contribution in [2.45, 2.75) is 19.9 Å². The standard InChI is InChI=1S/C15H23N3O3/c1-5-8-18(11-14(19)17(2)3)10-13-7-6-12(9-16-13)15(20)21-4/h6-7,9H,5,8,10-11H2,1-4H3. The number of nitrogens with zero attached hydrogens (tertiary/aromatic N) is 3. The van der Waals surface area contributed by atoms with Gasteiger partial charge in [0.1, 0.15) is 0 Å². The number of rotatable bonds is 7. The first-order valence-electron chi connectivity index (χ1n) is 6.93. The number of esters is 1. The van der Waals surface area contributed by atoms with Crippen LogP contribution in [0.25, 0.3) is 0 Å². The molecule has 1 heterocycles. The number of carbonyl (C=O) groups is 2. The first-order valence-corrected chi connectivity index (χ1v) is 6.93. The minimum atomic E-state index is -0.401. The van der Waals surface area contributed by atoms with Crippen LogP contribution in [0.1, 0.15) is 29.4 Å². The lowest BCUT2D eigenvalue weighted by atomic mass is 10.2. The summed E-state index contributed by atoms with van der Waals surface area (Å²) in [5.74, 6) is -0.336. The zero-order chi connectivity index (χ0) is 15.8. The Hall–Kier alpha value is -1.95. The van der Waals surface area contributed by atoms with Crippen LogP contribution >= 0.6 is 0 Å². The number of likely N-dealkylation sites (N-methyl/N-ethyl adjacent to an activating group) is 1. The molecule has 0 radical (unpaired) electrons. The van der Waals surface area contributed by atoms with Gasteiger partial charge in [-0.25, -0.2) is 4.79 Å². The second-order valence-corrected chi connectivity index (χ2v) is 5.03. The number of amides is 1. The van der Waals surface area contributed by atoms with E-state index in [9.17, 15) is 9.59 Å².